The lowest BCUT2D eigenvalue weighted by Gasteiger charge is -2.41. The lowest BCUT2D eigenvalue weighted by atomic mass is 9.74. The zero-order valence-electron chi connectivity index (χ0n) is 18.3. The number of nitrogens with zero attached hydrogens (tertiary/aromatic N) is 2. The third-order valence-corrected chi connectivity index (χ3v) is 8.47. The molecule has 10 heteroatoms. The number of pyridine rings is 1. The molecule has 3 heterocycles. The summed E-state index contributed by atoms with van der Waals surface area (Å²) in [6, 6.07) is 4.63. The highest BCUT2D eigenvalue weighted by Gasteiger charge is 2.57. The molecule has 5 nitrogen and oxygen atoms in total. The van der Waals surface area contributed by atoms with Gasteiger partial charge in [-0.3, -0.25) is 9.88 Å². The van der Waals surface area contributed by atoms with Gasteiger partial charge < -0.3 is 11.1 Å². The zero-order chi connectivity index (χ0) is 23.7. The summed E-state index contributed by atoms with van der Waals surface area (Å²) < 4.78 is 43.7. The van der Waals surface area contributed by atoms with Gasteiger partial charge in [-0.25, -0.2) is 4.79 Å². The molecule has 0 aromatic carbocycles. The number of thiophene rings is 1. The summed E-state index contributed by atoms with van der Waals surface area (Å²) in [5, 5.41) is 2.04. The van der Waals surface area contributed by atoms with Crippen LogP contribution in [0.1, 0.15) is 42.8 Å². The normalized spacial score (nSPS) is 21.0. The van der Waals surface area contributed by atoms with Crippen LogP contribution in [0.5, 0.6) is 0 Å². The molecule has 2 amide bonds. The molecule has 1 aliphatic heterocycles. The van der Waals surface area contributed by atoms with Crippen molar-refractivity contribution in [2.24, 2.45) is 11.1 Å². The SMILES string of the molecule is Cc1ccc(C(C)(C)N2CCC(CCc3ccc(I)s3)([C@@H](NC(N)=O)C(F)(F)F)C2)cn1. The van der Waals surface area contributed by atoms with E-state index in [1.54, 1.807) is 17.5 Å². The molecular formula is C22H28F3IN4OS. The van der Waals surface area contributed by atoms with Crippen LogP contribution in [0.2, 0.25) is 0 Å². The Hall–Kier alpha value is -1.40. The molecule has 0 radical (unpaired) electrons. The Kier molecular flexibility index (Phi) is 7.45. The number of carbonyl (C=O) groups excluding carboxylic acids is 1. The molecule has 1 unspecified atom stereocenters. The van der Waals surface area contributed by atoms with Gasteiger partial charge in [0.25, 0.3) is 0 Å². The van der Waals surface area contributed by atoms with Crippen molar-refractivity contribution in [2.45, 2.75) is 57.8 Å². The van der Waals surface area contributed by atoms with E-state index in [1.807, 2.05) is 50.4 Å². The number of carbonyl (C=O) groups is 1. The van der Waals surface area contributed by atoms with E-state index in [0.717, 1.165) is 19.0 Å². The predicted molar refractivity (Wildman–Crippen MR) is 129 cm³/mol. The Labute approximate surface area is 204 Å². The maximum Gasteiger partial charge on any atom is 0.409 e. The van der Waals surface area contributed by atoms with Crippen LogP contribution in [0.3, 0.4) is 0 Å². The van der Waals surface area contributed by atoms with Crippen LogP contribution < -0.4 is 11.1 Å². The average molecular weight is 580 g/mol. The molecule has 1 fully saturated rings. The minimum Gasteiger partial charge on any atom is -0.352 e. The third kappa shape index (κ3) is 5.56. The molecule has 0 spiro atoms. The minimum absolute atomic E-state index is 0.195. The number of primary amides is 1. The van der Waals surface area contributed by atoms with Gasteiger partial charge >= 0.3 is 12.2 Å². The fraction of sp³-hybridized carbons (Fsp3) is 0.545. The first-order valence-corrected chi connectivity index (χ1v) is 12.3. The second-order valence-electron chi connectivity index (χ2n) is 8.97. The van der Waals surface area contributed by atoms with Gasteiger partial charge in [0.1, 0.15) is 6.04 Å². The fourth-order valence-electron chi connectivity index (χ4n) is 4.55. The van der Waals surface area contributed by atoms with Crippen molar-refractivity contribution in [2.75, 3.05) is 13.1 Å². The number of aromatic nitrogens is 1. The first-order valence-electron chi connectivity index (χ1n) is 10.4. The molecule has 2 atom stereocenters. The molecule has 0 aliphatic carbocycles. The summed E-state index contributed by atoms with van der Waals surface area (Å²) in [6.45, 7) is 6.58. The lowest BCUT2D eigenvalue weighted by molar-refractivity contribution is -0.181. The van der Waals surface area contributed by atoms with Crippen LogP contribution in [-0.2, 0) is 12.0 Å². The number of nitrogens with two attached hydrogens (primary N) is 1. The summed E-state index contributed by atoms with van der Waals surface area (Å²) in [4.78, 5) is 19.0. The Morgan fingerprint density at radius 2 is 2.06 bits per heavy atom. The van der Waals surface area contributed by atoms with Crippen LogP contribution in [0.4, 0.5) is 18.0 Å². The summed E-state index contributed by atoms with van der Waals surface area (Å²) in [6.07, 6.45) is -1.70. The van der Waals surface area contributed by atoms with E-state index in [1.165, 1.54) is 0 Å². The highest BCUT2D eigenvalue weighted by atomic mass is 127. The fourth-order valence-corrected chi connectivity index (χ4v) is 6.31. The van der Waals surface area contributed by atoms with Gasteiger partial charge in [0.05, 0.1) is 2.88 Å². The molecule has 2 aromatic heterocycles. The van der Waals surface area contributed by atoms with E-state index >= 15 is 0 Å². The van der Waals surface area contributed by atoms with Crippen LogP contribution in [0.15, 0.2) is 30.5 Å². The highest BCUT2D eigenvalue weighted by molar-refractivity contribution is 14.1. The molecule has 2 aromatic rings. The van der Waals surface area contributed by atoms with E-state index in [9.17, 15) is 18.0 Å². The highest BCUT2D eigenvalue weighted by Crippen LogP contribution is 2.47. The molecule has 176 valence electrons. The zero-order valence-corrected chi connectivity index (χ0v) is 21.3. The van der Waals surface area contributed by atoms with Gasteiger partial charge in [-0.15, -0.1) is 11.3 Å². The molecule has 0 bridgehead atoms. The molecule has 3 N–H and O–H groups in total. The number of aryl methyl sites for hydroxylation is 2. The Balaban J connectivity index is 1.93. The molecule has 1 saturated heterocycles. The number of halogens is 4. The summed E-state index contributed by atoms with van der Waals surface area (Å²) in [5.41, 5.74) is 5.31. The van der Waals surface area contributed by atoms with E-state index in [-0.39, 0.29) is 6.54 Å². The Morgan fingerprint density at radius 1 is 1.34 bits per heavy atom. The molecule has 3 rings (SSSR count). The van der Waals surface area contributed by atoms with Crippen molar-refractivity contribution in [1.82, 2.24) is 15.2 Å². The number of urea groups is 1. The second kappa shape index (κ2) is 9.46. The van der Waals surface area contributed by atoms with E-state index < -0.39 is 29.2 Å². The third-order valence-electron chi connectivity index (χ3n) is 6.52. The average Bonchev–Trinajstić information content (AvgIpc) is 3.31. The number of hydrogen-bond acceptors (Lipinski definition) is 4. The monoisotopic (exact) mass is 580 g/mol. The molecule has 32 heavy (non-hydrogen) atoms. The number of amides is 2. The van der Waals surface area contributed by atoms with Gasteiger partial charge in [0, 0.05) is 34.3 Å². The standard InChI is InChI=1S/C22H28F3IN4OS/c1-14-4-5-15(12-28-14)20(2,3)30-11-10-21(13-30,9-8-16-6-7-17(26)32-16)18(22(23,24)25)29-19(27)31/h4-7,12,18H,8-11,13H2,1-3H3,(H3,27,29,31)/t18-,21?/m1/s1. The number of nitrogens with one attached hydrogen (secondary N) is 1. The van der Waals surface area contributed by atoms with Gasteiger partial charge in [-0.05, 0) is 92.9 Å². The largest absolute Gasteiger partial charge is 0.409 e. The molecule has 0 saturated carbocycles. The summed E-state index contributed by atoms with van der Waals surface area (Å²) in [5.74, 6) is 0. The summed E-state index contributed by atoms with van der Waals surface area (Å²) >= 11 is 3.79. The Morgan fingerprint density at radius 3 is 2.59 bits per heavy atom. The van der Waals surface area contributed by atoms with Gasteiger partial charge in [-0.1, -0.05) is 6.07 Å². The van der Waals surface area contributed by atoms with Crippen molar-refractivity contribution in [3.63, 3.8) is 0 Å². The van der Waals surface area contributed by atoms with Crippen LogP contribution in [0.25, 0.3) is 0 Å². The smallest absolute Gasteiger partial charge is 0.352 e. The minimum atomic E-state index is -4.61. The van der Waals surface area contributed by atoms with Crippen molar-refractivity contribution in [3.8, 4) is 0 Å². The second-order valence-corrected chi connectivity index (χ2v) is 12.0. The maximum absolute atomic E-state index is 14.2. The van der Waals surface area contributed by atoms with E-state index in [0.29, 0.717) is 25.8 Å². The van der Waals surface area contributed by atoms with Crippen LogP contribution in [-0.4, -0.2) is 41.2 Å². The number of hydrogen-bond donors (Lipinski definition) is 2. The van der Waals surface area contributed by atoms with Crippen molar-refractivity contribution in [1.29, 1.82) is 0 Å². The topological polar surface area (TPSA) is 71.2 Å². The van der Waals surface area contributed by atoms with Crippen molar-refractivity contribution < 1.29 is 18.0 Å². The van der Waals surface area contributed by atoms with Crippen molar-refractivity contribution >= 4 is 40.0 Å². The first-order chi connectivity index (χ1) is 14.8. The Bertz CT molecular complexity index is 947. The van der Waals surface area contributed by atoms with Crippen molar-refractivity contribution in [3.05, 3.63) is 49.5 Å². The van der Waals surface area contributed by atoms with Crippen LogP contribution in [0, 0.1) is 15.2 Å². The predicted octanol–water partition coefficient (Wildman–Crippen LogP) is 5.22. The summed E-state index contributed by atoms with van der Waals surface area (Å²) in [7, 11) is 0. The molecule has 1 aliphatic rings. The van der Waals surface area contributed by atoms with Gasteiger partial charge in [-0.2, -0.15) is 13.2 Å². The number of likely N-dealkylation sites (tertiary alicyclic amines) is 1. The van der Waals surface area contributed by atoms with Gasteiger partial charge in [0.2, 0.25) is 0 Å². The van der Waals surface area contributed by atoms with E-state index in [4.69, 9.17) is 5.73 Å². The first kappa shape index (κ1) is 25.2. The number of alkyl halides is 3. The number of rotatable bonds is 7. The van der Waals surface area contributed by atoms with E-state index in [2.05, 4.69) is 32.5 Å². The van der Waals surface area contributed by atoms with Crippen LogP contribution >= 0.6 is 33.9 Å². The lowest BCUT2D eigenvalue weighted by Crippen LogP contribution is -2.59. The maximum atomic E-state index is 14.2. The quantitative estimate of drug-likeness (QED) is 0.442. The molecular weight excluding hydrogens is 552 g/mol. The van der Waals surface area contributed by atoms with Gasteiger partial charge in [0.15, 0.2) is 0 Å².